The molecule has 2 aliphatic rings. The first-order valence-electron chi connectivity index (χ1n) is 10.2. The SMILES string of the molecule is COc1ccc(OC)c([C@H]2CCN(Cc3cnc(CC4CCCC4)[nH]3)C2)c1. The van der Waals surface area contributed by atoms with Gasteiger partial charge in [0, 0.05) is 42.9 Å². The summed E-state index contributed by atoms with van der Waals surface area (Å²) in [6, 6.07) is 6.11. The number of H-pyrrole nitrogens is 1. The van der Waals surface area contributed by atoms with Crippen LogP contribution < -0.4 is 9.47 Å². The first-order chi connectivity index (χ1) is 13.2. The first-order valence-corrected chi connectivity index (χ1v) is 10.2. The summed E-state index contributed by atoms with van der Waals surface area (Å²) in [6.45, 7) is 3.09. The number of aromatic nitrogens is 2. The monoisotopic (exact) mass is 369 g/mol. The molecule has 4 rings (SSSR count). The van der Waals surface area contributed by atoms with Crippen molar-refractivity contribution in [2.24, 2.45) is 5.92 Å². The number of imidazole rings is 1. The zero-order valence-electron chi connectivity index (χ0n) is 16.5. The molecule has 1 aromatic carbocycles. The summed E-state index contributed by atoms with van der Waals surface area (Å²) in [4.78, 5) is 10.7. The van der Waals surface area contributed by atoms with Gasteiger partial charge >= 0.3 is 0 Å². The molecule has 5 nitrogen and oxygen atoms in total. The maximum absolute atomic E-state index is 5.59. The second kappa shape index (κ2) is 8.34. The Labute approximate surface area is 162 Å². The lowest BCUT2D eigenvalue weighted by Gasteiger charge is -2.17. The third-order valence-electron chi connectivity index (χ3n) is 6.18. The second-order valence-electron chi connectivity index (χ2n) is 8.04. The molecule has 0 spiro atoms. The van der Waals surface area contributed by atoms with E-state index in [0.717, 1.165) is 49.9 Å². The Morgan fingerprint density at radius 3 is 2.78 bits per heavy atom. The molecule has 146 valence electrons. The van der Waals surface area contributed by atoms with Crippen LogP contribution in [0.1, 0.15) is 55.1 Å². The zero-order valence-corrected chi connectivity index (χ0v) is 16.5. The standard InChI is InChI=1S/C22H31N3O2/c1-26-19-7-8-21(27-2)20(12-19)17-9-10-25(14-17)15-18-13-23-22(24-18)11-16-5-3-4-6-16/h7-8,12-13,16-17H,3-6,9-11,14-15H2,1-2H3,(H,23,24)/t17-/m0/s1. The smallest absolute Gasteiger partial charge is 0.122 e. The summed E-state index contributed by atoms with van der Waals surface area (Å²) in [7, 11) is 3.46. The topological polar surface area (TPSA) is 50.4 Å². The van der Waals surface area contributed by atoms with E-state index in [-0.39, 0.29) is 0 Å². The number of hydrogen-bond acceptors (Lipinski definition) is 4. The maximum Gasteiger partial charge on any atom is 0.122 e. The molecule has 1 atom stereocenters. The minimum atomic E-state index is 0.482. The molecule has 0 radical (unpaired) electrons. The highest BCUT2D eigenvalue weighted by atomic mass is 16.5. The fraction of sp³-hybridized carbons (Fsp3) is 0.591. The number of benzene rings is 1. The molecule has 1 aromatic heterocycles. The van der Waals surface area contributed by atoms with Crippen LogP contribution in [0.4, 0.5) is 0 Å². The Bertz CT molecular complexity index is 752. The van der Waals surface area contributed by atoms with E-state index >= 15 is 0 Å². The summed E-state index contributed by atoms with van der Waals surface area (Å²) in [5, 5.41) is 0. The van der Waals surface area contributed by atoms with Crippen molar-refractivity contribution in [2.75, 3.05) is 27.3 Å². The van der Waals surface area contributed by atoms with Crippen molar-refractivity contribution in [3.8, 4) is 11.5 Å². The van der Waals surface area contributed by atoms with Gasteiger partial charge in [-0.2, -0.15) is 0 Å². The number of nitrogens with zero attached hydrogens (tertiary/aromatic N) is 2. The van der Waals surface area contributed by atoms with Gasteiger partial charge in [0.25, 0.3) is 0 Å². The van der Waals surface area contributed by atoms with Crippen molar-refractivity contribution in [2.45, 2.75) is 51.0 Å². The Kier molecular flexibility index (Phi) is 5.67. The molecule has 1 saturated carbocycles. The van der Waals surface area contributed by atoms with Gasteiger partial charge in [-0.3, -0.25) is 4.90 Å². The number of hydrogen-bond donors (Lipinski definition) is 1. The molecule has 0 bridgehead atoms. The molecule has 1 aliphatic carbocycles. The molecule has 1 saturated heterocycles. The molecule has 5 heteroatoms. The zero-order chi connectivity index (χ0) is 18.6. The summed E-state index contributed by atoms with van der Waals surface area (Å²) < 4.78 is 11.0. The number of ether oxygens (including phenoxy) is 2. The molecule has 0 unspecified atom stereocenters. The van der Waals surface area contributed by atoms with E-state index in [0.29, 0.717) is 5.92 Å². The predicted molar refractivity (Wildman–Crippen MR) is 106 cm³/mol. The fourth-order valence-corrected chi connectivity index (χ4v) is 4.71. The van der Waals surface area contributed by atoms with Gasteiger partial charge in [0.2, 0.25) is 0 Å². The molecule has 1 aliphatic heterocycles. The Morgan fingerprint density at radius 2 is 2.00 bits per heavy atom. The van der Waals surface area contributed by atoms with Crippen molar-refractivity contribution in [1.82, 2.24) is 14.9 Å². The van der Waals surface area contributed by atoms with Gasteiger partial charge in [-0.05, 0) is 37.1 Å². The molecule has 0 amide bonds. The summed E-state index contributed by atoms with van der Waals surface area (Å²) in [5.74, 6) is 4.34. The average Bonchev–Trinajstić information content (AvgIpc) is 3.45. The van der Waals surface area contributed by atoms with Gasteiger partial charge in [0.05, 0.1) is 14.2 Å². The van der Waals surface area contributed by atoms with Gasteiger partial charge in [-0.15, -0.1) is 0 Å². The number of aromatic amines is 1. The van der Waals surface area contributed by atoms with E-state index in [1.165, 1.54) is 42.8 Å². The van der Waals surface area contributed by atoms with Gasteiger partial charge in [0.1, 0.15) is 17.3 Å². The predicted octanol–water partition coefficient (Wildman–Crippen LogP) is 4.15. The lowest BCUT2D eigenvalue weighted by molar-refractivity contribution is 0.321. The quantitative estimate of drug-likeness (QED) is 0.797. The van der Waals surface area contributed by atoms with Crippen LogP contribution in [0.15, 0.2) is 24.4 Å². The highest BCUT2D eigenvalue weighted by Crippen LogP contribution is 2.36. The third kappa shape index (κ3) is 4.29. The number of nitrogens with one attached hydrogen (secondary N) is 1. The van der Waals surface area contributed by atoms with E-state index < -0.39 is 0 Å². The first kappa shape index (κ1) is 18.4. The van der Waals surface area contributed by atoms with Crippen LogP contribution in [-0.4, -0.2) is 42.2 Å². The Morgan fingerprint density at radius 1 is 1.15 bits per heavy atom. The van der Waals surface area contributed by atoms with E-state index in [2.05, 4.69) is 20.9 Å². The lowest BCUT2D eigenvalue weighted by Crippen LogP contribution is -2.20. The van der Waals surface area contributed by atoms with Gasteiger partial charge < -0.3 is 14.5 Å². The highest BCUT2D eigenvalue weighted by molar-refractivity contribution is 5.43. The average molecular weight is 370 g/mol. The minimum absolute atomic E-state index is 0.482. The van der Waals surface area contributed by atoms with Crippen LogP contribution in [-0.2, 0) is 13.0 Å². The van der Waals surface area contributed by atoms with Crippen molar-refractivity contribution in [1.29, 1.82) is 0 Å². The molecule has 1 N–H and O–H groups in total. The van der Waals surface area contributed by atoms with E-state index in [1.807, 2.05) is 18.3 Å². The molecule has 2 fully saturated rings. The van der Waals surface area contributed by atoms with Crippen LogP contribution in [0.3, 0.4) is 0 Å². The van der Waals surface area contributed by atoms with Crippen molar-refractivity contribution >= 4 is 0 Å². The van der Waals surface area contributed by atoms with Crippen LogP contribution in [0.5, 0.6) is 11.5 Å². The van der Waals surface area contributed by atoms with E-state index in [1.54, 1.807) is 14.2 Å². The van der Waals surface area contributed by atoms with Crippen LogP contribution in [0, 0.1) is 5.92 Å². The Hall–Kier alpha value is -2.01. The van der Waals surface area contributed by atoms with Crippen LogP contribution in [0.25, 0.3) is 0 Å². The molecular formula is C22H31N3O2. The maximum atomic E-state index is 5.59. The summed E-state index contributed by atoms with van der Waals surface area (Å²) >= 11 is 0. The number of likely N-dealkylation sites (tertiary alicyclic amines) is 1. The van der Waals surface area contributed by atoms with E-state index in [9.17, 15) is 0 Å². The van der Waals surface area contributed by atoms with Crippen LogP contribution in [0.2, 0.25) is 0 Å². The van der Waals surface area contributed by atoms with E-state index in [4.69, 9.17) is 9.47 Å². The summed E-state index contributed by atoms with van der Waals surface area (Å²) in [5.41, 5.74) is 2.49. The highest BCUT2D eigenvalue weighted by Gasteiger charge is 2.27. The van der Waals surface area contributed by atoms with Gasteiger partial charge in [-0.25, -0.2) is 4.98 Å². The largest absolute Gasteiger partial charge is 0.497 e. The van der Waals surface area contributed by atoms with Gasteiger partial charge in [-0.1, -0.05) is 25.7 Å². The lowest BCUT2D eigenvalue weighted by atomic mass is 9.97. The van der Waals surface area contributed by atoms with Crippen molar-refractivity contribution in [3.63, 3.8) is 0 Å². The number of methoxy groups -OCH3 is 2. The normalized spacial score (nSPS) is 21.0. The number of rotatable bonds is 7. The van der Waals surface area contributed by atoms with Crippen molar-refractivity contribution < 1.29 is 9.47 Å². The molecule has 27 heavy (non-hydrogen) atoms. The second-order valence-corrected chi connectivity index (χ2v) is 8.04. The molecule has 2 aromatic rings. The molecule has 2 heterocycles. The van der Waals surface area contributed by atoms with Crippen LogP contribution >= 0.6 is 0 Å². The molecular weight excluding hydrogens is 338 g/mol. The Balaban J connectivity index is 1.37. The third-order valence-corrected chi connectivity index (χ3v) is 6.18. The van der Waals surface area contributed by atoms with Crippen molar-refractivity contribution in [3.05, 3.63) is 41.5 Å². The van der Waals surface area contributed by atoms with Gasteiger partial charge in [0.15, 0.2) is 0 Å². The minimum Gasteiger partial charge on any atom is -0.497 e. The summed E-state index contributed by atoms with van der Waals surface area (Å²) in [6.07, 6.45) is 9.81. The fourth-order valence-electron chi connectivity index (χ4n) is 4.71.